The second kappa shape index (κ2) is 18.1. The van der Waals surface area contributed by atoms with E-state index in [9.17, 15) is 9.90 Å². The van der Waals surface area contributed by atoms with Crippen LogP contribution in [0.5, 0.6) is 0 Å². The predicted molar refractivity (Wildman–Crippen MR) is 179 cm³/mol. The van der Waals surface area contributed by atoms with Crippen LogP contribution in [0, 0.1) is 29.6 Å². The highest BCUT2D eigenvalue weighted by atomic mass is 16.8. The average molecular weight is 613 g/mol. The van der Waals surface area contributed by atoms with Crippen LogP contribution in [0.1, 0.15) is 97.0 Å². The van der Waals surface area contributed by atoms with Crippen LogP contribution in [0.15, 0.2) is 30.8 Å². The van der Waals surface area contributed by atoms with Gasteiger partial charge in [-0.15, -0.1) is 0 Å². The van der Waals surface area contributed by atoms with Crippen molar-refractivity contribution in [2.24, 2.45) is 29.6 Å². The van der Waals surface area contributed by atoms with Crippen molar-refractivity contribution in [1.29, 1.82) is 0 Å². The standard InChI is InChI=1S/C36H60N4O4/c1-26(2)25-43-28(4)44-39-27(3)32-14-16-34(17-15-32)40-20-18-31(19-21-40)23-37-22-29-10-12-30(13-11-29)24-38-35(36(41)42)33-8-6-5-7-9-33/h14-17,26,28-31,33,35,37-39H,3,5-13,18-25H2,1-2,4H3,(H,41,42)/t28?,29?,30?,35-/m0/s1. The number of carboxylic acid groups (broad SMARTS) is 1. The molecule has 4 N–H and O–H groups in total. The summed E-state index contributed by atoms with van der Waals surface area (Å²) < 4.78 is 5.64. The molecular formula is C36H60N4O4. The number of carbonyl (C=O) groups is 1. The van der Waals surface area contributed by atoms with Gasteiger partial charge >= 0.3 is 5.97 Å². The normalized spacial score (nSPS) is 23.4. The van der Waals surface area contributed by atoms with Crippen LogP contribution in [0.2, 0.25) is 0 Å². The Morgan fingerprint density at radius 2 is 1.48 bits per heavy atom. The highest BCUT2D eigenvalue weighted by Crippen LogP contribution is 2.30. The Hall–Kier alpha value is -2.13. The summed E-state index contributed by atoms with van der Waals surface area (Å²) in [5, 5.41) is 17.0. The molecule has 0 bridgehead atoms. The SMILES string of the molecule is C=C(NOC(C)OCC(C)C)c1ccc(N2CCC(CNCC3CCC(CN[C@H](C(=O)O)C4CCCCC4)CC3)CC2)cc1. The molecule has 1 aromatic rings. The Morgan fingerprint density at radius 1 is 0.886 bits per heavy atom. The fraction of sp³-hybridized carbons (Fsp3) is 0.750. The maximum absolute atomic E-state index is 11.9. The molecule has 0 amide bonds. The summed E-state index contributed by atoms with van der Waals surface area (Å²) in [4.78, 5) is 19.9. The molecule has 2 aliphatic carbocycles. The van der Waals surface area contributed by atoms with Crippen LogP contribution in [0.3, 0.4) is 0 Å². The summed E-state index contributed by atoms with van der Waals surface area (Å²) in [6, 6.07) is 8.22. The lowest BCUT2D eigenvalue weighted by Gasteiger charge is -2.35. The number of hydrogen-bond donors (Lipinski definition) is 4. The first-order valence-electron chi connectivity index (χ1n) is 17.5. The number of hydroxylamine groups is 1. The van der Waals surface area contributed by atoms with Gasteiger partial charge < -0.3 is 25.4 Å². The Kier molecular flexibility index (Phi) is 14.3. The van der Waals surface area contributed by atoms with E-state index < -0.39 is 5.97 Å². The second-order valence-electron chi connectivity index (χ2n) is 14.1. The fourth-order valence-electron chi connectivity index (χ4n) is 7.19. The molecule has 8 heteroatoms. The van der Waals surface area contributed by atoms with E-state index in [1.54, 1.807) is 0 Å². The van der Waals surface area contributed by atoms with Gasteiger partial charge in [-0.2, -0.15) is 0 Å². The third kappa shape index (κ3) is 11.3. The van der Waals surface area contributed by atoms with Gasteiger partial charge in [0, 0.05) is 18.8 Å². The molecule has 1 heterocycles. The molecule has 0 aromatic heterocycles. The van der Waals surface area contributed by atoms with Gasteiger partial charge in [0.1, 0.15) is 6.04 Å². The van der Waals surface area contributed by atoms with Crippen LogP contribution in [0.4, 0.5) is 5.69 Å². The summed E-state index contributed by atoms with van der Waals surface area (Å²) in [6.07, 6.45) is 12.8. The van der Waals surface area contributed by atoms with Gasteiger partial charge in [0.05, 0.1) is 12.3 Å². The average Bonchev–Trinajstić information content (AvgIpc) is 3.04. The van der Waals surface area contributed by atoms with Crippen molar-refractivity contribution in [3.05, 3.63) is 36.4 Å². The van der Waals surface area contributed by atoms with E-state index in [4.69, 9.17) is 9.57 Å². The Bertz CT molecular complexity index is 980. The monoisotopic (exact) mass is 612 g/mol. The highest BCUT2D eigenvalue weighted by Gasteiger charge is 2.30. The number of nitrogens with one attached hydrogen (secondary N) is 3. The molecule has 3 fully saturated rings. The zero-order valence-corrected chi connectivity index (χ0v) is 27.7. The molecular weight excluding hydrogens is 552 g/mol. The number of nitrogens with zero attached hydrogens (tertiary/aromatic N) is 1. The first-order chi connectivity index (χ1) is 21.3. The third-order valence-corrected chi connectivity index (χ3v) is 10.1. The van der Waals surface area contributed by atoms with E-state index in [0.29, 0.717) is 24.4 Å². The molecule has 4 rings (SSSR count). The predicted octanol–water partition coefficient (Wildman–Crippen LogP) is 6.43. The molecule has 2 atom stereocenters. The van der Waals surface area contributed by atoms with Crippen LogP contribution in [-0.2, 0) is 14.4 Å². The maximum Gasteiger partial charge on any atom is 0.320 e. The molecule has 248 valence electrons. The van der Waals surface area contributed by atoms with Gasteiger partial charge in [0.15, 0.2) is 6.29 Å². The lowest BCUT2D eigenvalue weighted by atomic mass is 9.80. The van der Waals surface area contributed by atoms with Crippen molar-refractivity contribution in [1.82, 2.24) is 16.1 Å². The molecule has 1 unspecified atom stereocenters. The van der Waals surface area contributed by atoms with Gasteiger partial charge in [-0.05, 0) is 125 Å². The first-order valence-corrected chi connectivity index (χ1v) is 17.5. The van der Waals surface area contributed by atoms with Crippen molar-refractivity contribution < 1.29 is 19.5 Å². The molecule has 44 heavy (non-hydrogen) atoms. The Labute approximate surface area is 266 Å². The summed E-state index contributed by atoms with van der Waals surface area (Å²) in [5.41, 5.74) is 5.94. The van der Waals surface area contributed by atoms with Crippen LogP contribution in [0.25, 0.3) is 5.70 Å². The zero-order chi connectivity index (χ0) is 31.3. The van der Waals surface area contributed by atoms with Crippen LogP contribution in [-0.4, -0.2) is 62.7 Å². The summed E-state index contributed by atoms with van der Waals surface area (Å²) in [5.74, 6) is 2.24. The second-order valence-corrected chi connectivity index (χ2v) is 14.1. The van der Waals surface area contributed by atoms with E-state index in [1.165, 1.54) is 63.5 Å². The lowest BCUT2D eigenvalue weighted by Crippen LogP contribution is -2.46. The molecule has 8 nitrogen and oxygen atoms in total. The van der Waals surface area contributed by atoms with Crippen molar-refractivity contribution in [2.45, 2.75) is 104 Å². The van der Waals surface area contributed by atoms with Gasteiger partial charge in [0.25, 0.3) is 0 Å². The van der Waals surface area contributed by atoms with Crippen molar-refractivity contribution >= 4 is 17.4 Å². The summed E-state index contributed by atoms with van der Waals surface area (Å²) in [6.45, 7) is 16.2. The van der Waals surface area contributed by atoms with Crippen molar-refractivity contribution in [2.75, 3.05) is 44.2 Å². The summed E-state index contributed by atoms with van der Waals surface area (Å²) >= 11 is 0. The van der Waals surface area contributed by atoms with Crippen LogP contribution >= 0.6 is 0 Å². The maximum atomic E-state index is 11.9. The molecule has 1 aliphatic heterocycles. The largest absolute Gasteiger partial charge is 0.480 e. The van der Waals surface area contributed by atoms with E-state index in [2.05, 4.69) is 65.7 Å². The topological polar surface area (TPSA) is 95.1 Å². The molecule has 1 saturated heterocycles. The quantitative estimate of drug-likeness (QED) is 0.118. The minimum absolute atomic E-state index is 0.312. The number of piperidine rings is 1. The molecule has 1 aromatic carbocycles. The Morgan fingerprint density at radius 3 is 2.07 bits per heavy atom. The number of anilines is 1. The highest BCUT2D eigenvalue weighted by molar-refractivity contribution is 5.73. The smallest absolute Gasteiger partial charge is 0.320 e. The minimum atomic E-state index is -0.655. The van der Waals surface area contributed by atoms with Crippen molar-refractivity contribution in [3.8, 4) is 0 Å². The van der Waals surface area contributed by atoms with Gasteiger partial charge in [-0.25, -0.2) is 4.84 Å². The third-order valence-electron chi connectivity index (χ3n) is 10.1. The number of aliphatic carboxylic acids is 1. The zero-order valence-electron chi connectivity index (χ0n) is 27.7. The van der Waals surface area contributed by atoms with E-state index in [-0.39, 0.29) is 12.3 Å². The van der Waals surface area contributed by atoms with E-state index in [0.717, 1.165) is 68.7 Å². The molecule has 2 saturated carbocycles. The first kappa shape index (κ1) is 34.7. The number of benzene rings is 1. The Balaban J connectivity index is 1.07. The van der Waals surface area contributed by atoms with Crippen LogP contribution < -0.4 is 21.0 Å². The lowest BCUT2D eigenvalue weighted by molar-refractivity contribution is -0.160. The number of ether oxygens (including phenoxy) is 1. The van der Waals surface area contributed by atoms with Gasteiger partial charge in [-0.3, -0.25) is 10.3 Å². The van der Waals surface area contributed by atoms with Gasteiger partial charge in [-0.1, -0.05) is 51.8 Å². The van der Waals surface area contributed by atoms with E-state index >= 15 is 0 Å². The number of carboxylic acids is 1. The van der Waals surface area contributed by atoms with E-state index in [1.807, 2.05) is 6.92 Å². The molecule has 0 radical (unpaired) electrons. The number of hydrogen-bond acceptors (Lipinski definition) is 7. The fourth-order valence-corrected chi connectivity index (χ4v) is 7.19. The van der Waals surface area contributed by atoms with Gasteiger partial charge in [0.2, 0.25) is 0 Å². The molecule has 3 aliphatic rings. The minimum Gasteiger partial charge on any atom is -0.480 e. The summed E-state index contributed by atoms with van der Waals surface area (Å²) in [7, 11) is 0. The van der Waals surface area contributed by atoms with Crippen molar-refractivity contribution in [3.63, 3.8) is 0 Å². The molecule has 0 spiro atoms. The number of rotatable bonds is 17.